The SMILES string of the molecule is CN1CCc2nc(C(=O)Nc3ccccc3CNC(=O)c3ccc(Cl)cc3O)sc2C1. The zero-order valence-electron chi connectivity index (χ0n) is 16.8. The van der Waals surface area contributed by atoms with Crippen molar-refractivity contribution in [3.8, 4) is 5.75 Å². The number of carbonyl (C=O) groups is 2. The Morgan fingerprint density at radius 3 is 2.84 bits per heavy atom. The number of aromatic nitrogens is 1. The molecular weight excluding hydrogens is 436 g/mol. The second-order valence-corrected chi connectivity index (χ2v) is 8.85. The van der Waals surface area contributed by atoms with Crippen molar-refractivity contribution in [2.45, 2.75) is 19.5 Å². The van der Waals surface area contributed by atoms with Gasteiger partial charge in [0, 0.05) is 41.6 Å². The normalized spacial score (nSPS) is 13.5. The molecule has 31 heavy (non-hydrogen) atoms. The third-order valence-electron chi connectivity index (χ3n) is 5.03. The van der Waals surface area contributed by atoms with Crippen LogP contribution in [0.25, 0.3) is 0 Å². The number of para-hydroxylation sites is 1. The summed E-state index contributed by atoms with van der Waals surface area (Å²) in [4.78, 5) is 33.1. The quantitative estimate of drug-likeness (QED) is 0.544. The van der Waals surface area contributed by atoms with Crippen LogP contribution in [0.2, 0.25) is 5.02 Å². The maximum atomic E-state index is 12.8. The summed E-state index contributed by atoms with van der Waals surface area (Å²) in [5.74, 6) is -0.895. The molecule has 0 bridgehead atoms. The molecular formula is C22H21ClN4O3S. The number of phenolic OH excluding ortho intramolecular Hbond substituents is 1. The topological polar surface area (TPSA) is 94.6 Å². The molecule has 3 aromatic rings. The number of phenols is 1. The third kappa shape index (κ3) is 4.87. The first kappa shape index (κ1) is 21.3. The molecule has 9 heteroatoms. The Morgan fingerprint density at radius 1 is 1.23 bits per heavy atom. The fourth-order valence-corrected chi connectivity index (χ4v) is 4.61. The molecule has 0 radical (unpaired) electrons. The lowest BCUT2D eigenvalue weighted by atomic mass is 10.1. The van der Waals surface area contributed by atoms with E-state index in [0.717, 1.165) is 35.6 Å². The number of nitrogens with one attached hydrogen (secondary N) is 2. The van der Waals surface area contributed by atoms with Crippen molar-refractivity contribution in [3.05, 3.63) is 74.2 Å². The van der Waals surface area contributed by atoms with Gasteiger partial charge in [-0.05, 0) is 36.9 Å². The van der Waals surface area contributed by atoms with Crippen molar-refractivity contribution in [2.24, 2.45) is 0 Å². The molecule has 160 valence electrons. The Balaban J connectivity index is 1.45. The third-order valence-corrected chi connectivity index (χ3v) is 6.34. The van der Waals surface area contributed by atoms with Crippen LogP contribution in [-0.2, 0) is 19.5 Å². The first-order valence-corrected chi connectivity index (χ1v) is 10.9. The lowest BCUT2D eigenvalue weighted by molar-refractivity contribution is 0.0948. The lowest BCUT2D eigenvalue weighted by Gasteiger charge is -2.20. The fourth-order valence-electron chi connectivity index (χ4n) is 3.36. The number of hydrogen-bond acceptors (Lipinski definition) is 6. The molecule has 1 aliphatic heterocycles. The van der Waals surface area contributed by atoms with E-state index in [1.165, 1.54) is 29.5 Å². The summed E-state index contributed by atoms with van der Waals surface area (Å²) in [6.07, 6.45) is 0.843. The van der Waals surface area contributed by atoms with Crippen LogP contribution < -0.4 is 10.6 Å². The highest BCUT2D eigenvalue weighted by Crippen LogP contribution is 2.26. The summed E-state index contributed by atoms with van der Waals surface area (Å²) in [7, 11) is 2.05. The van der Waals surface area contributed by atoms with Crippen molar-refractivity contribution in [2.75, 3.05) is 18.9 Å². The minimum absolute atomic E-state index is 0.129. The van der Waals surface area contributed by atoms with Gasteiger partial charge in [0.1, 0.15) is 5.75 Å². The fraction of sp³-hybridized carbons (Fsp3) is 0.227. The number of hydrogen-bond donors (Lipinski definition) is 3. The number of anilines is 1. The summed E-state index contributed by atoms with van der Waals surface area (Å²) in [6, 6.07) is 11.6. The van der Waals surface area contributed by atoms with E-state index < -0.39 is 5.91 Å². The average Bonchev–Trinajstić information content (AvgIpc) is 3.16. The zero-order valence-corrected chi connectivity index (χ0v) is 18.4. The van der Waals surface area contributed by atoms with Gasteiger partial charge >= 0.3 is 0 Å². The van der Waals surface area contributed by atoms with Crippen LogP contribution in [0.5, 0.6) is 5.75 Å². The molecule has 7 nitrogen and oxygen atoms in total. The molecule has 1 aromatic heterocycles. The van der Waals surface area contributed by atoms with Gasteiger partial charge in [0.25, 0.3) is 11.8 Å². The minimum atomic E-state index is -0.438. The number of benzene rings is 2. The van der Waals surface area contributed by atoms with Crippen molar-refractivity contribution in [1.82, 2.24) is 15.2 Å². The summed E-state index contributed by atoms with van der Waals surface area (Å²) in [5, 5.41) is 16.4. The van der Waals surface area contributed by atoms with E-state index in [9.17, 15) is 14.7 Å². The van der Waals surface area contributed by atoms with Crippen LogP contribution in [0, 0.1) is 0 Å². The van der Waals surface area contributed by atoms with Crippen LogP contribution in [-0.4, -0.2) is 40.4 Å². The van der Waals surface area contributed by atoms with E-state index in [2.05, 4.69) is 27.6 Å². The molecule has 0 aliphatic carbocycles. The smallest absolute Gasteiger partial charge is 0.284 e. The number of aromatic hydroxyl groups is 1. The second-order valence-electron chi connectivity index (χ2n) is 7.33. The Labute approximate surface area is 188 Å². The van der Waals surface area contributed by atoms with Gasteiger partial charge in [-0.3, -0.25) is 9.59 Å². The molecule has 0 saturated heterocycles. The van der Waals surface area contributed by atoms with Crippen LogP contribution in [0.4, 0.5) is 5.69 Å². The van der Waals surface area contributed by atoms with Crippen molar-refractivity contribution in [1.29, 1.82) is 0 Å². The summed E-state index contributed by atoms with van der Waals surface area (Å²) < 4.78 is 0. The number of carbonyl (C=O) groups excluding carboxylic acids is 2. The molecule has 0 unspecified atom stereocenters. The monoisotopic (exact) mass is 456 g/mol. The van der Waals surface area contributed by atoms with Crippen LogP contribution >= 0.6 is 22.9 Å². The highest BCUT2D eigenvalue weighted by Gasteiger charge is 2.22. The molecule has 2 amide bonds. The molecule has 3 N–H and O–H groups in total. The molecule has 1 aliphatic rings. The Kier molecular flexibility index (Phi) is 6.22. The van der Waals surface area contributed by atoms with Crippen molar-refractivity contribution in [3.63, 3.8) is 0 Å². The molecule has 0 fully saturated rings. The number of nitrogens with zero attached hydrogens (tertiary/aromatic N) is 2. The number of rotatable bonds is 5. The van der Waals surface area contributed by atoms with E-state index in [0.29, 0.717) is 15.7 Å². The van der Waals surface area contributed by atoms with Gasteiger partial charge in [0.05, 0.1) is 11.3 Å². The van der Waals surface area contributed by atoms with Gasteiger partial charge in [0.15, 0.2) is 5.01 Å². The molecule has 2 aromatic carbocycles. The van der Waals surface area contributed by atoms with Gasteiger partial charge in [-0.2, -0.15) is 0 Å². The largest absolute Gasteiger partial charge is 0.507 e. The van der Waals surface area contributed by atoms with Gasteiger partial charge in [-0.25, -0.2) is 4.98 Å². The van der Waals surface area contributed by atoms with Gasteiger partial charge < -0.3 is 20.6 Å². The van der Waals surface area contributed by atoms with E-state index in [-0.39, 0.29) is 23.8 Å². The maximum absolute atomic E-state index is 12.8. The van der Waals surface area contributed by atoms with Gasteiger partial charge in [-0.15, -0.1) is 11.3 Å². The highest BCUT2D eigenvalue weighted by atomic mass is 35.5. The van der Waals surface area contributed by atoms with Crippen molar-refractivity contribution >= 4 is 40.4 Å². The predicted octanol–water partition coefficient (Wildman–Crippen LogP) is 3.67. The molecule has 4 rings (SSSR count). The van der Waals surface area contributed by atoms with Crippen LogP contribution in [0.15, 0.2) is 42.5 Å². The number of halogens is 1. The van der Waals surface area contributed by atoms with Gasteiger partial charge in [0.2, 0.25) is 0 Å². The zero-order chi connectivity index (χ0) is 22.0. The van der Waals surface area contributed by atoms with E-state index in [1.807, 2.05) is 18.2 Å². The highest BCUT2D eigenvalue weighted by molar-refractivity contribution is 7.13. The van der Waals surface area contributed by atoms with E-state index in [1.54, 1.807) is 6.07 Å². The second kappa shape index (κ2) is 9.05. The van der Waals surface area contributed by atoms with Crippen LogP contribution in [0.3, 0.4) is 0 Å². The number of fused-ring (bicyclic) bond motifs is 1. The number of likely N-dealkylation sites (N-methyl/N-ethyl adjacent to an activating group) is 1. The van der Waals surface area contributed by atoms with Crippen LogP contribution in [0.1, 0.15) is 36.3 Å². The van der Waals surface area contributed by atoms with Crippen molar-refractivity contribution < 1.29 is 14.7 Å². The predicted molar refractivity (Wildman–Crippen MR) is 121 cm³/mol. The van der Waals surface area contributed by atoms with E-state index >= 15 is 0 Å². The minimum Gasteiger partial charge on any atom is -0.507 e. The maximum Gasteiger partial charge on any atom is 0.284 e. The first-order chi connectivity index (χ1) is 14.9. The Bertz CT molecular complexity index is 1150. The number of thiazole rings is 1. The summed E-state index contributed by atoms with van der Waals surface area (Å²) in [5.41, 5.74) is 2.46. The molecule has 0 atom stereocenters. The Hall–Kier alpha value is -2.94. The van der Waals surface area contributed by atoms with E-state index in [4.69, 9.17) is 11.6 Å². The van der Waals surface area contributed by atoms with Gasteiger partial charge in [-0.1, -0.05) is 29.8 Å². The molecule has 0 saturated carbocycles. The molecule has 0 spiro atoms. The lowest BCUT2D eigenvalue weighted by Crippen LogP contribution is -2.25. The summed E-state index contributed by atoms with van der Waals surface area (Å²) >= 11 is 7.23. The standard InChI is InChI=1S/C22H21ClN4O3S/c1-27-9-8-17-19(12-27)31-22(26-17)21(30)25-16-5-3-2-4-13(16)11-24-20(29)15-7-6-14(23)10-18(15)28/h2-7,10,28H,8-9,11-12H2,1H3,(H,24,29)(H,25,30). The summed E-state index contributed by atoms with van der Waals surface area (Å²) in [6.45, 7) is 1.92. The first-order valence-electron chi connectivity index (χ1n) is 9.74. The number of amides is 2. The Morgan fingerprint density at radius 2 is 2.03 bits per heavy atom. The molecule has 2 heterocycles. The average molecular weight is 457 g/mol.